The van der Waals surface area contributed by atoms with Gasteiger partial charge in [0.1, 0.15) is 5.82 Å². The van der Waals surface area contributed by atoms with Gasteiger partial charge in [-0.1, -0.05) is 31.4 Å². The van der Waals surface area contributed by atoms with Gasteiger partial charge < -0.3 is 15.4 Å². The lowest BCUT2D eigenvalue weighted by molar-refractivity contribution is -0.129. The molecule has 0 aromatic heterocycles. The number of hydrogen-bond donors (Lipinski definition) is 2. The molecule has 0 atom stereocenters. The maximum Gasteiger partial charge on any atom is 0.230 e. The summed E-state index contributed by atoms with van der Waals surface area (Å²) in [5, 5.41) is 6.62. The van der Waals surface area contributed by atoms with Crippen LogP contribution in [0.25, 0.3) is 0 Å². The molecule has 0 bridgehead atoms. The van der Waals surface area contributed by atoms with Crippen molar-refractivity contribution in [2.75, 3.05) is 33.4 Å². The summed E-state index contributed by atoms with van der Waals surface area (Å²) in [5.41, 5.74) is 0.218. The molecule has 1 amide bonds. The Morgan fingerprint density at radius 3 is 2.58 bits per heavy atom. The Kier molecular flexibility index (Phi) is 6.30. The van der Waals surface area contributed by atoms with Gasteiger partial charge in [-0.05, 0) is 56.5 Å². The third kappa shape index (κ3) is 4.09. The molecule has 26 heavy (non-hydrogen) atoms. The van der Waals surface area contributed by atoms with Crippen LogP contribution in [-0.4, -0.2) is 39.3 Å². The van der Waals surface area contributed by atoms with Crippen molar-refractivity contribution in [3.63, 3.8) is 0 Å². The third-order valence-electron chi connectivity index (χ3n) is 6.26. The van der Waals surface area contributed by atoms with Crippen molar-refractivity contribution in [2.24, 2.45) is 5.41 Å². The molecule has 1 aliphatic carbocycles. The molecule has 2 aliphatic rings. The standard InChI is InChI=1S/C21H31FN2O2/c1-26-16-20(10-12-23-13-11-20)15-24-19(25)21(8-3-2-4-9-21)17-6-5-7-18(22)14-17/h5-7,14,23H,2-4,8-13,15-16H2,1H3,(H,24,25). The number of nitrogens with one attached hydrogen (secondary N) is 2. The average molecular weight is 362 g/mol. The zero-order chi connectivity index (χ0) is 18.5. The predicted octanol–water partition coefficient (Wildman–Crippen LogP) is 3.16. The van der Waals surface area contributed by atoms with Crippen LogP contribution >= 0.6 is 0 Å². The highest BCUT2D eigenvalue weighted by Crippen LogP contribution is 2.40. The van der Waals surface area contributed by atoms with E-state index in [1.54, 1.807) is 19.2 Å². The highest BCUT2D eigenvalue weighted by atomic mass is 19.1. The fraction of sp³-hybridized carbons (Fsp3) is 0.667. The zero-order valence-electron chi connectivity index (χ0n) is 15.8. The van der Waals surface area contributed by atoms with Crippen LogP contribution in [0.5, 0.6) is 0 Å². The number of carbonyl (C=O) groups is 1. The van der Waals surface area contributed by atoms with E-state index in [0.717, 1.165) is 63.6 Å². The van der Waals surface area contributed by atoms with Crippen molar-refractivity contribution in [3.05, 3.63) is 35.6 Å². The number of piperidine rings is 1. The molecular weight excluding hydrogens is 331 g/mol. The SMILES string of the molecule is COCC1(CNC(=O)C2(c3cccc(F)c3)CCCCC2)CCNCC1. The summed E-state index contributed by atoms with van der Waals surface area (Å²) in [4.78, 5) is 13.3. The van der Waals surface area contributed by atoms with E-state index in [0.29, 0.717) is 13.2 Å². The van der Waals surface area contributed by atoms with Crippen LogP contribution in [0.15, 0.2) is 24.3 Å². The van der Waals surface area contributed by atoms with Crippen molar-refractivity contribution in [3.8, 4) is 0 Å². The van der Waals surface area contributed by atoms with Gasteiger partial charge in [0.05, 0.1) is 12.0 Å². The van der Waals surface area contributed by atoms with Crippen LogP contribution in [-0.2, 0) is 14.9 Å². The molecule has 1 aromatic rings. The van der Waals surface area contributed by atoms with Gasteiger partial charge in [0, 0.05) is 19.1 Å². The van der Waals surface area contributed by atoms with Crippen LogP contribution in [0.2, 0.25) is 0 Å². The van der Waals surface area contributed by atoms with E-state index in [9.17, 15) is 9.18 Å². The van der Waals surface area contributed by atoms with Gasteiger partial charge in [-0.15, -0.1) is 0 Å². The molecule has 1 saturated heterocycles. The van der Waals surface area contributed by atoms with E-state index in [1.807, 2.05) is 6.07 Å². The van der Waals surface area contributed by atoms with Gasteiger partial charge in [-0.3, -0.25) is 4.79 Å². The molecule has 144 valence electrons. The highest BCUT2D eigenvalue weighted by molar-refractivity contribution is 5.88. The smallest absolute Gasteiger partial charge is 0.230 e. The fourth-order valence-electron chi connectivity index (χ4n) is 4.66. The normalized spacial score (nSPS) is 21.9. The van der Waals surface area contributed by atoms with Gasteiger partial charge in [0.15, 0.2) is 0 Å². The van der Waals surface area contributed by atoms with Crippen LogP contribution < -0.4 is 10.6 Å². The maximum absolute atomic E-state index is 13.8. The molecule has 1 heterocycles. The molecule has 2 fully saturated rings. The molecule has 1 aliphatic heterocycles. The van der Waals surface area contributed by atoms with E-state index in [-0.39, 0.29) is 17.1 Å². The van der Waals surface area contributed by atoms with Gasteiger partial charge in [-0.2, -0.15) is 0 Å². The first kappa shape index (κ1) is 19.3. The minimum atomic E-state index is -0.596. The number of carbonyl (C=O) groups excluding carboxylic acids is 1. The quantitative estimate of drug-likeness (QED) is 0.817. The van der Waals surface area contributed by atoms with Crippen LogP contribution in [0.3, 0.4) is 0 Å². The van der Waals surface area contributed by atoms with E-state index < -0.39 is 5.41 Å². The van der Waals surface area contributed by atoms with E-state index in [1.165, 1.54) is 6.07 Å². The molecule has 1 aromatic carbocycles. The second-order valence-electron chi connectivity index (χ2n) is 8.02. The number of amides is 1. The topological polar surface area (TPSA) is 50.4 Å². The van der Waals surface area contributed by atoms with Crippen molar-refractivity contribution < 1.29 is 13.9 Å². The Morgan fingerprint density at radius 2 is 1.92 bits per heavy atom. The van der Waals surface area contributed by atoms with E-state index >= 15 is 0 Å². The minimum absolute atomic E-state index is 0.00649. The second-order valence-corrected chi connectivity index (χ2v) is 8.02. The monoisotopic (exact) mass is 362 g/mol. The summed E-state index contributed by atoms with van der Waals surface area (Å²) < 4.78 is 19.3. The first-order chi connectivity index (χ1) is 12.6. The van der Waals surface area contributed by atoms with Gasteiger partial charge in [0.25, 0.3) is 0 Å². The lowest BCUT2D eigenvalue weighted by Gasteiger charge is -2.40. The Bertz CT molecular complexity index is 602. The van der Waals surface area contributed by atoms with E-state index in [4.69, 9.17) is 4.74 Å². The number of benzene rings is 1. The predicted molar refractivity (Wildman–Crippen MR) is 101 cm³/mol. The fourth-order valence-corrected chi connectivity index (χ4v) is 4.66. The van der Waals surface area contributed by atoms with Gasteiger partial charge in [-0.25, -0.2) is 4.39 Å². The van der Waals surface area contributed by atoms with Crippen LogP contribution in [0.1, 0.15) is 50.5 Å². The summed E-state index contributed by atoms with van der Waals surface area (Å²) in [7, 11) is 1.72. The number of ether oxygens (including phenoxy) is 1. The summed E-state index contributed by atoms with van der Waals surface area (Å²) in [6.07, 6.45) is 6.74. The lowest BCUT2D eigenvalue weighted by atomic mass is 9.68. The Morgan fingerprint density at radius 1 is 1.19 bits per heavy atom. The molecule has 1 saturated carbocycles. The highest BCUT2D eigenvalue weighted by Gasteiger charge is 2.42. The van der Waals surface area contributed by atoms with E-state index in [2.05, 4.69) is 10.6 Å². The summed E-state index contributed by atoms with van der Waals surface area (Å²) in [6.45, 7) is 3.18. The zero-order valence-corrected chi connectivity index (χ0v) is 15.8. The Labute approximate surface area is 155 Å². The molecule has 5 heteroatoms. The number of methoxy groups -OCH3 is 1. The molecule has 0 unspecified atom stereocenters. The Hall–Kier alpha value is -1.46. The second kappa shape index (κ2) is 8.49. The van der Waals surface area contributed by atoms with Crippen molar-refractivity contribution in [1.29, 1.82) is 0 Å². The minimum Gasteiger partial charge on any atom is -0.384 e. The number of rotatable bonds is 6. The maximum atomic E-state index is 13.8. The van der Waals surface area contributed by atoms with Crippen molar-refractivity contribution in [2.45, 2.75) is 50.4 Å². The molecule has 2 N–H and O–H groups in total. The van der Waals surface area contributed by atoms with Crippen molar-refractivity contribution in [1.82, 2.24) is 10.6 Å². The first-order valence-corrected chi connectivity index (χ1v) is 9.84. The van der Waals surface area contributed by atoms with Crippen LogP contribution in [0, 0.1) is 11.2 Å². The third-order valence-corrected chi connectivity index (χ3v) is 6.26. The Balaban J connectivity index is 1.77. The lowest BCUT2D eigenvalue weighted by Crippen LogP contribution is -2.52. The number of hydrogen-bond acceptors (Lipinski definition) is 3. The van der Waals surface area contributed by atoms with Crippen molar-refractivity contribution >= 4 is 5.91 Å². The molecule has 0 radical (unpaired) electrons. The van der Waals surface area contributed by atoms with Gasteiger partial charge >= 0.3 is 0 Å². The molecular formula is C21H31FN2O2. The first-order valence-electron chi connectivity index (χ1n) is 9.84. The summed E-state index contributed by atoms with van der Waals surface area (Å²) >= 11 is 0. The average Bonchev–Trinajstić information content (AvgIpc) is 2.68. The largest absolute Gasteiger partial charge is 0.384 e. The summed E-state index contributed by atoms with van der Waals surface area (Å²) in [5.74, 6) is -0.216. The molecule has 4 nitrogen and oxygen atoms in total. The molecule has 0 spiro atoms. The summed E-state index contributed by atoms with van der Waals surface area (Å²) in [6, 6.07) is 6.61. The molecule has 3 rings (SSSR count). The van der Waals surface area contributed by atoms with Crippen LogP contribution in [0.4, 0.5) is 4.39 Å². The number of halogens is 1. The van der Waals surface area contributed by atoms with Gasteiger partial charge in [0.2, 0.25) is 5.91 Å².